The van der Waals surface area contributed by atoms with Crippen molar-refractivity contribution < 1.29 is 9.32 Å². The fourth-order valence-corrected chi connectivity index (χ4v) is 3.71. The zero-order valence-corrected chi connectivity index (χ0v) is 15.3. The second-order valence-corrected chi connectivity index (χ2v) is 7.15. The Bertz CT molecular complexity index is 996. The zero-order valence-electron chi connectivity index (χ0n) is 15.3. The van der Waals surface area contributed by atoms with Gasteiger partial charge in [0.2, 0.25) is 11.8 Å². The number of hydrogen-bond acceptors (Lipinski definition) is 5. The first-order valence-electron chi connectivity index (χ1n) is 9.42. The van der Waals surface area contributed by atoms with E-state index in [1.807, 2.05) is 12.1 Å². The summed E-state index contributed by atoms with van der Waals surface area (Å²) < 4.78 is 6.77. The average molecular weight is 369 g/mol. The van der Waals surface area contributed by atoms with Crippen LogP contribution in [0.2, 0.25) is 0 Å². The third kappa shape index (κ3) is 3.65. The van der Waals surface area contributed by atoms with Gasteiger partial charge in [0.15, 0.2) is 5.82 Å². The first-order valence-corrected chi connectivity index (χ1v) is 9.42. The summed E-state index contributed by atoms with van der Waals surface area (Å²) in [5.74, 6) is 1.20. The van der Waals surface area contributed by atoms with Crippen molar-refractivity contribution in [2.45, 2.75) is 57.5 Å². The van der Waals surface area contributed by atoms with Crippen LogP contribution < -0.4 is 11.0 Å². The normalized spacial score (nSPS) is 16.5. The Morgan fingerprint density at radius 1 is 1.33 bits per heavy atom. The van der Waals surface area contributed by atoms with Crippen LogP contribution in [0.5, 0.6) is 0 Å². The van der Waals surface area contributed by atoms with Crippen LogP contribution in [0.1, 0.15) is 62.7 Å². The lowest BCUT2D eigenvalue weighted by molar-refractivity contribution is -0.122. The number of amides is 1. The van der Waals surface area contributed by atoms with E-state index < -0.39 is 6.04 Å². The molecule has 8 nitrogen and oxygen atoms in total. The number of carbonyl (C=O) groups is 1. The minimum absolute atomic E-state index is 0.0726. The molecule has 2 aromatic heterocycles. The van der Waals surface area contributed by atoms with Crippen molar-refractivity contribution in [1.29, 1.82) is 0 Å². The van der Waals surface area contributed by atoms with E-state index in [0.717, 1.165) is 18.7 Å². The number of para-hydroxylation sites is 2. The molecule has 0 radical (unpaired) electrons. The van der Waals surface area contributed by atoms with Crippen molar-refractivity contribution in [3.8, 4) is 0 Å². The molecule has 2 N–H and O–H groups in total. The minimum Gasteiger partial charge on any atom is -0.343 e. The maximum Gasteiger partial charge on any atom is 0.326 e. The van der Waals surface area contributed by atoms with Gasteiger partial charge in [0, 0.05) is 5.92 Å². The zero-order chi connectivity index (χ0) is 18.8. The molecule has 1 unspecified atom stereocenters. The average Bonchev–Trinajstić information content (AvgIpc) is 3.28. The summed E-state index contributed by atoms with van der Waals surface area (Å²) in [6.45, 7) is 1.73. The van der Waals surface area contributed by atoms with E-state index in [9.17, 15) is 9.59 Å². The molecule has 1 fully saturated rings. The van der Waals surface area contributed by atoms with Crippen LogP contribution in [0.25, 0.3) is 11.0 Å². The van der Waals surface area contributed by atoms with Crippen LogP contribution >= 0.6 is 0 Å². The molecule has 0 bridgehead atoms. The lowest BCUT2D eigenvalue weighted by atomic mass is 9.89. The van der Waals surface area contributed by atoms with Gasteiger partial charge in [-0.2, -0.15) is 4.98 Å². The van der Waals surface area contributed by atoms with Gasteiger partial charge < -0.3 is 14.8 Å². The maximum absolute atomic E-state index is 12.4. The quantitative estimate of drug-likeness (QED) is 0.719. The predicted molar refractivity (Wildman–Crippen MR) is 99.2 cm³/mol. The molecule has 1 aliphatic carbocycles. The smallest absolute Gasteiger partial charge is 0.326 e. The van der Waals surface area contributed by atoms with E-state index in [4.69, 9.17) is 4.52 Å². The summed E-state index contributed by atoms with van der Waals surface area (Å²) in [7, 11) is 0. The van der Waals surface area contributed by atoms with Gasteiger partial charge in [0.1, 0.15) is 12.6 Å². The van der Waals surface area contributed by atoms with Crippen LogP contribution in [-0.4, -0.2) is 25.6 Å². The van der Waals surface area contributed by atoms with Gasteiger partial charge in [-0.1, -0.05) is 36.6 Å². The van der Waals surface area contributed by atoms with E-state index in [1.54, 1.807) is 19.1 Å². The molecule has 142 valence electrons. The number of rotatable bonds is 5. The van der Waals surface area contributed by atoms with E-state index in [-0.39, 0.29) is 18.1 Å². The number of fused-ring (bicyclic) bond motifs is 1. The molecule has 1 amide bonds. The number of benzene rings is 1. The minimum atomic E-state index is -0.414. The lowest BCUT2D eigenvalue weighted by Gasteiger charge is -2.17. The number of aromatic nitrogens is 4. The monoisotopic (exact) mass is 369 g/mol. The number of nitrogens with zero attached hydrogens (tertiary/aromatic N) is 3. The van der Waals surface area contributed by atoms with Gasteiger partial charge in [-0.25, -0.2) is 4.79 Å². The molecule has 1 aromatic carbocycles. The van der Waals surface area contributed by atoms with Crippen molar-refractivity contribution in [2.24, 2.45) is 0 Å². The second-order valence-electron chi connectivity index (χ2n) is 7.15. The Kier molecular flexibility index (Phi) is 4.79. The molecule has 0 spiro atoms. The molecule has 4 rings (SSSR count). The summed E-state index contributed by atoms with van der Waals surface area (Å²) in [5, 5.41) is 6.94. The number of hydrogen-bond donors (Lipinski definition) is 2. The maximum atomic E-state index is 12.4. The van der Waals surface area contributed by atoms with E-state index in [0.29, 0.717) is 22.8 Å². The van der Waals surface area contributed by atoms with Gasteiger partial charge in [0.05, 0.1) is 11.0 Å². The summed E-state index contributed by atoms with van der Waals surface area (Å²) in [4.78, 5) is 31.7. The molecule has 0 saturated heterocycles. The van der Waals surface area contributed by atoms with Gasteiger partial charge in [-0.05, 0) is 31.9 Å². The summed E-state index contributed by atoms with van der Waals surface area (Å²) in [6, 6.07) is 6.86. The topological polar surface area (TPSA) is 106 Å². The summed E-state index contributed by atoms with van der Waals surface area (Å²) in [6.07, 6.45) is 5.83. The summed E-state index contributed by atoms with van der Waals surface area (Å²) in [5.41, 5.74) is 1.09. The van der Waals surface area contributed by atoms with Crippen LogP contribution in [0.15, 0.2) is 33.6 Å². The van der Waals surface area contributed by atoms with E-state index >= 15 is 0 Å². The van der Waals surface area contributed by atoms with Crippen LogP contribution in [-0.2, 0) is 11.3 Å². The van der Waals surface area contributed by atoms with Gasteiger partial charge in [-0.15, -0.1) is 0 Å². The largest absolute Gasteiger partial charge is 0.343 e. The second kappa shape index (κ2) is 7.38. The van der Waals surface area contributed by atoms with E-state index in [1.165, 1.54) is 23.8 Å². The number of nitrogens with one attached hydrogen (secondary N) is 2. The fourth-order valence-electron chi connectivity index (χ4n) is 3.71. The first kappa shape index (κ1) is 17.5. The molecular weight excluding hydrogens is 346 g/mol. The standard InChI is InChI=1S/C19H23N5O3/c1-12(18-22-17(23-27-18)13-7-3-2-4-8-13)20-16(25)11-24-15-10-6-5-9-14(15)21-19(24)26/h5-6,9-10,12-13H,2-4,7-8,11H2,1H3,(H,20,25)(H,21,26). The SMILES string of the molecule is CC(NC(=O)Cn1c(=O)[nH]c2ccccc21)c1nc(C2CCCCC2)no1. The Morgan fingerprint density at radius 3 is 2.93 bits per heavy atom. The molecule has 1 atom stereocenters. The molecule has 0 aliphatic heterocycles. The highest BCUT2D eigenvalue weighted by Crippen LogP contribution is 2.31. The van der Waals surface area contributed by atoms with Gasteiger partial charge in [-0.3, -0.25) is 9.36 Å². The third-order valence-corrected chi connectivity index (χ3v) is 5.16. The first-order chi connectivity index (χ1) is 13.1. The van der Waals surface area contributed by atoms with Gasteiger partial charge >= 0.3 is 5.69 Å². The van der Waals surface area contributed by atoms with Crippen molar-refractivity contribution >= 4 is 16.9 Å². The molecule has 1 saturated carbocycles. The molecular formula is C19H23N5O3. The molecule has 8 heteroatoms. The number of imidazole rings is 1. The molecule has 3 aromatic rings. The number of H-pyrrole nitrogens is 1. The van der Waals surface area contributed by atoms with Crippen LogP contribution in [0, 0.1) is 0 Å². The highest BCUT2D eigenvalue weighted by molar-refractivity contribution is 5.80. The Hall–Kier alpha value is -2.90. The van der Waals surface area contributed by atoms with Crippen molar-refractivity contribution in [3.05, 3.63) is 46.5 Å². The van der Waals surface area contributed by atoms with Crippen molar-refractivity contribution in [2.75, 3.05) is 0 Å². The van der Waals surface area contributed by atoms with Crippen molar-refractivity contribution in [1.82, 2.24) is 25.0 Å². The molecule has 1 aliphatic rings. The van der Waals surface area contributed by atoms with Crippen LogP contribution in [0.3, 0.4) is 0 Å². The Labute approximate surface area is 156 Å². The predicted octanol–water partition coefficient (Wildman–Crippen LogP) is 2.64. The van der Waals surface area contributed by atoms with Crippen LogP contribution in [0.4, 0.5) is 0 Å². The molecule has 2 heterocycles. The third-order valence-electron chi connectivity index (χ3n) is 5.16. The lowest BCUT2D eigenvalue weighted by Crippen LogP contribution is -2.33. The van der Waals surface area contributed by atoms with E-state index in [2.05, 4.69) is 20.4 Å². The van der Waals surface area contributed by atoms with Crippen molar-refractivity contribution in [3.63, 3.8) is 0 Å². The highest BCUT2D eigenvalue weighted by atomic mass is 16.5. The molecule has 27 heavy (non-hydrogen) atoms. The fraction of sp³-hybridized carbons (Fsp3) is 0.474. The Morgan fingerprint density at radius 2 is 2.11 bits per heavy atom. The Balaban J connectivity index is 1.42. The number of carbonyl (C=O) groups excluding carboxylic acids is 1. The number of aromatic amines is 1. The highest BCUT2D eigenvalue weighted by Gasteiger charge is 2.23. The van der Waals surface area contributed by atoms with Gasteiger partial charge in [0.25, 0.3) is 0 Å². The summed E-state index contributed by atoms with van der Waals surface area (Å²) >= 11 is 0.